The minimum Gasteiger partial charge on any atom is -0.368 e. The molecule has 1 aliphatic heterocycles. The number of hydrogen-bond acceptors (Lipinski definition) is 9. The van der Waals surface area contributed by atoms with Crippen LogP contribution >= 0.6 is 0 Å². The molecule has 2 aromatic heterocycles. The summed E-state index contributed by atoms with van der Waals surface area (Å²) >= 11 is 0. The van der Waals surface area contributed by atoms with Crippen LogP contribution in [0.1, 0.15) is 49.4 Å². The van der Waals surface area contributed by atoms with E-state index in [4.69, 9.17) is 17.2 Å². The van der Waals surface area contributed by atoms with E-state index in [2.05, 4.69) is 36.2 Å². The van der Waals surface area contributed by atoms with Crippen molar-refractivity contribution in [2.75, 3.05) is 13.1 Å². The predicted molar refractivity (Wildman–Crippen MR) is 208 cm³/mol. The Balaban J connectivity index is 1.32. The van der Waals surface area contributed by atoms with Gasteiger partial charge in [0.05, 0.1) is 12.4 Å². The summed E-state index contributed by atoms with van der Waals surface area (Å²) in [5.41, 5.74) is 20.3. The van der Waals surface area contributed by atoms with Crippen molar-refractivity contribution in [3.05, 3.63) is 90.1 Å². The number of imidazole rings is 1. The lowest BCUT2D eigenvalue weighted by molar-refractivity contribution is -0.140. The number of aromatic amines is 2. The molecular formula is C39H51N11O6. The highest BCUT2D eigenvalue weighted by Crippen LogP contribution is 2.20. The van der Waals surface area contributed by atoms with Gasteiger partial charge in [-0.05, 0) is 56.3 Å². The van der Waals surface area contributed by atoms with Crippen LogP contribution in [0.3, 0.4) is 0 Å². The number of nitrogens with one attached hydrogen (secondary N) is 6. The van der Waals surface area contributed by atoms with E-state index in [1.54, 1.807) is 31.5 Å². The van der Waals surface area contributed by atoms with Gasteiger partial charge in [-0.25, -0.2) is 4.98 Å². The van der Waals surface area contributed by atoms with Gasteiger partial charge in [0.15, 0.2) is 0 Å². The van der Waals surface area contributed by atoms with Crippen molar-refractivity contribution < 1.29 is 28.8 Å². The molecule has 1 fully saturated rings. The molecule has 6 amide bonds. The van der Waals surface area contributed by atoms with Crippen molar-refractivity contribution in [1.82, 2.24) is 41.1 Å². The molecular weight excluding hydrogens is 718 g/mol. The third kappa shape index (κ3) is 10.8. The molecule has 56 heavy (non-hydrogen) atoms. The number of likely N-dealkylation sites (tertiary alicyclic amines) is 1. The van der Waals surface area contributed by atoms with E-state index in [-0.39, 0.29) is 38.6 Å². The molecule has 0 bridgehead atoms. The van der Waals surface area contributed by atoms with Gasteiger partial charge in [-0.3, -0.25) is 28.8 Å². The third-order valence-corrected chi connectivity index (χ3v) is 9.99. The van der Waals surface area contributed by atoms with Crippen LogP contribution in [-0.4, -0.2) is 105 Å². The van der Waals surface area contributed by atoms with Crippen molar-refractivity contribution in [3.63, 3.8) is 0 Å². The summed E-state index contributed by atoms with van der Waals surface area (Å²) in [5, 5.41) is 11.9. The number of amides is 6. The Morgan fingerprint density at radius 2 is 1.54 bits per heavy atom. The summed E-state index contributed by atoms with van der Waals surface area (Å²) in [6, 6.07) is 10.4. The second-order valence-electron chi connectivity index (χ2n) is 14.1. The lowest BCUT2D eigenvalue weighted by atomic mass is 10.0. The fourth-order valence-corrected chi connectivity index (χ4v) is 6.77. The Hall–Kier alpha value is -6.07. The fourth-order valence-electron chi connectivity index (χ4n) is 6.77. The Morgan fingerprint density at radius 3 is 2.23 bits per heavy atom. The first-order chi connectivity index (χ1) is 26.9. The van der Waals surface area contributed by atoms with E-state index in [1.807, 2.05) is 42.5 Å². The molecule has 12 N–H and O–H groups in total. The molecule has 1 saturated heterocycles. The first-order valence-corrected chi connectivity index (χ1v) is 18.8. The number of nitrogens with two attached hydrogens (primary N) is 3. The third-order valence-electron chi connectivity index (χ3n) is 9.99. The minimum absolute atomic E-state index is 0.0395. The van der Waals surface area contributed by atoms with Crippen molar-refractivity contribution in [2.45, 2.75) is 88.1 Å². The van der Waals surface area contributed by atoms with Crippen LogP contribution in [0.25, 0.3) is 10.9 Å². The molecule has 0 spiro atoms. The number of benzene rings is 2. The lowest BCUT2D eigenvalue weighted by Crippen LogP contribution is -2.59. The molecule has 4 aromatic rings. The van der Waals surface area contributed by atoms with Crippen LogP contribution in [0.5, 0.6) is 0 Å². The summed E-state index contributed by atoms with van der Waals surface area (Å²) in [6.45, 7) is 2.14. The molecule has 298 valence electrons. The van der Waals surface area contributed by atoms with Crippen molar-refractivity contribution in [1.29, 1.82) is 0 Å². The highest BCUT2D eigenvalue weighted by Gasteiger charge is 2.39. The van der Waals surface area contributed by atoms with Crippen LogP contribution in [-0.2, 0) is 48.0 Å². The Kier molecular flexibility index (Phi) is 14.3. The van der Waals surface area contributed by atoms with Gasteiger partial charge >= 0.3 is 0 Å². The molecule has 5 rings (SSSR count). The average Bonchev–Trinajstić information content (AvgIpc) is 3.94. The molecule has 2 aromatic carbocycles. The number of primary amides is 1. The summed E-state index contributed by atoms with van der Waals surface area (Å²) in [7, 11) is 0. The van der Waals surface area contributed by atoms with E-state index < -0.39 is 71.7 Å². The number of unbranched alkanes of at least 4 members (excludes halogenated alkanes) is 1. The number of fused-ring (bicyclic) bond motifs is 1. The van der Waals surface area contributed by atoms with Crippen LogP contribution in [0.2, 0.25) is 0 Å². The largest absolute Gasteiger partial charge is 0.368 e. The van der Waals surface area contributed by atoms with Gasteiger partial charge in [0.2, 0.25) is 35.4 Å². The second kappa shape index (κ2) is 19.5. The SMILES string of the molecule is C[C@@H](C(=O)N[C@@H](Cc1c[nH]c2ccccc12)C(=O)N[C@H](Cc1ccccc1)C(=O)N[C@@H](CCCCN)C(N)=O)N1CC[C@H](NC(=O)[C@@H](N)Cc2cnc[nH]2)C1=O. The Morgan fingerprint density at radius 1 is 0.857 bits per heavy atom. The van der Waals surface area contributed by atoms with Crippen molar-refractivity contribution in [2.24, 2.45) is 17.2 Å². The monoisotopic (exact) mass is 769 g/mol. The minimum atomic E-state index is -1.19. The van der Waals surface area contributed by atoms with E-state index in [0.29, 0.717) is 25.1 Å². The number of carbonyl (C=O) groups is 6. The molecule has 0 saturated carbocycles. The van der Waals surface area contributed by atoms with Gasteiger partial charge in [-0.15, -0.1) is 0 Å². The molecule has 17 heteroatoms. The zero-order valence-electron chi connectivity index (χ0n) is 31.3. The smallest absolute Gasteiger partial charge is 0.245 e. The van der Waals surface area contributed by atoms with E-state index >= 15 is 0 Å². The van der Waals surface area contributed by atoms with Crippen LogP contribution in [0.4, 0.5) is 0 Å². The van der Waals surface area contributed by atoms with Gasteiger partial charge in [0.1, 0.15) is 30.2 Å². The quantitative estimate of drug-likeness (QED) is 0.0520. The van der Waals surface area contributed by atoms with Gasteiger partial charge in [-0.2, -0.15) is 0 Å². The zero-order valence-corrected chi connectivity index (χ0v) is 31.3. The number of nitrogens with zero attached hydrogens (tertiary/aromatic N) is 2. The molecule has 0 unspecified atom stereocenters. The zero-order chi connectivity index (χ0) is 40.2. The number of rotatable bonds is 20. The maximum absolute atomic E-state index is 14.3. The topological polar surface area (TPSA) is 276 Å². The van der Waals surface area contributed by atoms with Crippen LogP contribution in [0, 0.1) is 0 Å². The van der Waals surface area contributed by atoms with E-state index in [1.165, 1.54) is 11.2 Å². The Bertz CT molecular complexity index is 1970. The summed E-state index contributed by atoms with van der Waals surface area (Å²) in [5.74, 6) is -3.58. The Labute approximate surface area is 324 Å². The van der Waals surface area contributed by atoms with Crippen molar-refractivity contribution >= 4 is 46.3 Å². The van der Waals surface area contributed by atoms with E-state index in [9.17, 15) is 28.8 Å². The molecule has 3 heterocycles. The van der Waals surface area contributed by atoms with Gasteiger partial charge in [0, 0.05) is 54.8 Å². The van der Waals surface area contributed by atoms with Crippen molar-refractivity contribution in [3.8, 4) is 0 Å². The maximum atomic E-state index is 14.3. The maximum Gasteiger partial charge on any atom is 0.245 e. The highest BCUT2D eigenvalue weighted by molar-refractivity contribution is 5.97. The number of carbonyl (C=O) groups excluding carboxylic acids is 6. The normalized spacial score (nSPS) is 16.7. The number of H-pyrrole nitrogens is 2. The molecule has 17 nitrogen and oxygen atoms in total. The average molecular weight is 770 g/mol. The van der Waals surface area contributed by atoms with E-state index in [0.717, 1.165) is 22.0 Å². The first-order valence-electron chi connectivity index (χ1n) is 18.8. The predicted octanol–water partition coefficient (Wildman–Crippen LogP) is -0.579. The molecule has 0 aliphatic carbocycles. The lowest BCUT2D eigenvalue weighted by Gasteiger charge is -2.28. The first kappa shape index (κ1) is 41.1. The van der Waals surface area contributed by atoms with Crippen LogP contribution < -0.4 is 38.5 Å². The number of para-hydroxylation sites is 1. The number of hydrogen-bond donors (Lipinski definition) is 9. The number of aromatic nitrogens is 3. The standard InChI is InChI=1S/C39H51N11O6/c1-23(50-16-14-31(39(50)56)47-36(53)28(41)19-26-21-43-22-45-26)35(52)48-33(18-25-20-44-29-12-6-5-11-27(25)29)38(55)49-32(17-24-9-3-2-4-10-24)37(54)46-30(34(42)51)13-7-8-15-40/h2-6,9-12,20-23,28,30-33,44H,7-8,13-19,40-41H2,1H3,(H2,42,51)(H,43,45)(H,46,54)(H,47,53)(H,48,52)(H,49,55)/t23-,28-,30-,31-,32+,33-/m0/s1. The summed E-state index contributed by atoms with van der Waals surface area (Å²) < 4.78 is 0. The van der Waals surface area contributed by atoms with Gasteiger partial charge in [-0.1, -0.05) is 48.5 Å². The molecule has 0 radical (unpaired) electrons. The highest BCUT2D eigenvalue weighted by atomic mass is 16.2. The summed E-state index contributed by atoms with van der Waals surface area (Å²) in [6.07, 6.45) is 6.84. The molecule has 6 atom stereocenters. The van der Waals surface area contributed by atoms with Crippen LogP contribution in [0.15, 0.2) is 73.3 Å². The van der Waals surface area contributed by atoms with Gasteiger partial charge < -0.3 is 53.3 Å². The second-order valence-corrected chi connectivity index (χ2v) is 14.1. The molecule has 1 aliphatic rings. The fraction of sp³-hybridized carbons (Fsp3) is 0.410. The van der Waals surface area contributed by atoms with Gasteiger partial charge in [0.25, 0.3) is 0 Å². The summed E-state index contributed by atoms with van der Waals surface area (Å²) in [4.78, 5) is 91.9.